The number of hydrogen-bond acceptors (Lipinski definition) is 2. The van der Waals surface area contributed by atoms with E-state index in [0.717, 1.165) is 5.92 Å². The Balaban J connectivity index is -0.000000108. The van der Waals surface area contributed by atoms with E-state index in [9.17, 15) is 9.59 Å². The zero-order valence-electron chi connectivity index (χ0n) is 13.8. The van der Waals surface area contributed by atoms with Gasteiger partial charge in [0.25, 0.3) is 0 Å². The molecule has 0 aliphatic heterocycles. The van der Waals surface area contributed by atoms with Crippen LogP contribution in [0.3, 0.4) is 0 Å². The van der Waals surface area contributed by atoms with Gasteiger partial charge in [0.15, 0.2) is 0 Å². The van der Waals surface area contributed by atoms with E-state index >= 15 is 0 Å². The van der Waals surface area contributed by atoms with Gasteiger partial charge in [0, 0.05) is 77.0 Å². The molecular formula is C15H28O2Y2-2. The van der Waals surface area contributed by atoms with Crippen molar-refractivity contribution in [3.8, 4) is 0 Å². The fourth-order valence-electron chi connectivity index (χ4n) is 1.10. The van der Waals surface area contributed by atoms with Crippen LogP contribution in [0.4, 0.5) is 0 Å². The molecule has 0 amide bonds. The van der Waals surface area contributed by atoms with Crippen LogP contribution in [0.5, 0.6) is 0 Å². The smallest absolute Gasteiger partial charge is 0.00361 e. The minimum Gasteiger partial charge on any atom is -0.334 e. The molecule has 0 N–H and O–H groups in total. The van der Waals surface area contributed by atoms with Gasteiger partial charge in [-0.1, -0.05) is 41.5 Å². The normalized spacial score (nSPS) is 9.00. The van der Waals surface area contributed by atoms with Crippen LogP contribution in [0.15, 0.2) is 0 Å². The molecular weight excluding hydrogens is 390 g/mol. The molecule has 0 unspecified atom stereocenters. The average molecular weight is 418 g/mol. The summed E-state index contributed by atoms with van der Waals surface area (Å²) in [6, 6.07) is 0. The van der Waals surface area contributed by atoms with Gasteiger partial charge < -0.3 is 21.9 Å². The van der Waals surface area contributed by atoms with E-state index in [0.29, 0.717) is 5.92 Å². The molecule has 0 atom stereocenters. The van der Waals surface area contributed by atoms with Gasteiger partial charge in [-0.3, -0.25) is 0 Å². The molecule has 0 aliphatic carbocycles. The quantitative estimate of drug-likeness (QED) is 0.635. The zero-order valence-corrected chi connectivity index (χ0v) is 19.5. The second-order valence-electron chi connectivity index (χ2n) is 5.49. The third-order valence-electron chi connectivity index (χ3n) is 2.08. The third kappa shape index (κ3) is 19.3. The molecule has 2 nitrogen and oxygen atoms in total. The van der Waals surface area contributed by atoms with Crippen molar-refractivity contribution in [2.45, 2.75) is 55.4 Å². The van der Waals surface area contributed by atoms with Crippen molar-refractivity contribution in [2.24, 2.45) is 17.8 Å². The number of ketones is 2. The van der Waals surface area contributed by atoms with Crippen LogP contribution in [-0.4, -0.2) is 11.6 Å². The molecule has 0 aliphatic rings. The monoisotopic (exact) mass is 418 g/mol. The van der Waals surface area contributed by atoms with Crippen molar-refractivity contribution in [3.63, 3.8) is 0 Å². The molecule has 0 aromatic heterocycles. The fraction of sp³-hybridized carbons (Fsp3) is 0.733. The molecule has 2 radical (unpaired) electrons. The number of carbonyl (C=O) groups excluding carboxylic acids is 2. The minimum atomic E-state index is 0. The molecule has 0 aromatic rings. The molecule has 0 heterocycles. The van der Waals surface area contributed by atoms with Gasteiger partial charge in [0.05, 0.1) is 0 Å². The molecule has 19 heavy (non-hydrogen) atoms. The Bertz CT molecular complexity index is 224. The van der Waals surface area contributed by atoms with Crippen LogP contribution in [0.1, 0.15) is 55.4 Å². The summed E-state index contributed by atoms with van der Waals surface area (Å²) in [4.78, 5) is 21.7. The molecule has 0 bridgehead atoms. The van der Waals surface area contributed by atoms with E-state index in [1.807, 2.05) is 55.4 Å². The van der Waals surface area contributed by atoms with Gasteiger partial charge >= 0.3 is 0 Å². The molecule has 0 spiro atoms. The molecule has 0 saturated carbocycles. The van der Waals surface area contributed by atoms with Crippen molar-refractivity contribution in [2.75, 3.05) is 0 Å². The Morgan fingerprint density at radius 2 is 1.21 bits per heavy atom. The summed E-state index contributed by atoms with van der Waals surface area (Å²) in [5.74, 6) is 2.14. The van der Waals surface area contributed by atoms with Crippen LogP contribution in [0.2, 0.25) is 0 Å². The van der Waals surface area contributed by atoms with Gasteiger partial charge in [-0.2, -0.15) is 19.8 Å². The van der Waals surface area contributed by atoms with Crippen LogP contribution >= 0.6 is 0 Å². The summed E-state index contributed by atoms with van der Waals surface area (Å²) < 4.78 is 0. The topological polar surface area (TPSA) is 34.1 Å². The maximum Gasteiger partial charge on any atom is 0.00361 e. The standard InChI is InChI=1S/C8H15O.C7H13O.2Y/c1-6(2)5-8(9)7(3)4;1-5(2)7(8)6(3)4;;/h5-7H,1-4H3;5H,1-4H3;;/q2*-1;;. The van der Waals surface area contributed by atoms with Crippen LogP contribution in [-0.2, 0) is 75.0 Å². The summed E-state index contributed by atoms with van der Waals surface area (Å²) in [5.41, 5.74) is 0. The van der Waals surface area contributed by atoms with E-state index in [2.05, 4.69) is 0 Å². The van der Waals surface area contributed by atoms with Crippen molar-refractivity contribution in [3.05, 3.63) is 12.3 Å². The van der Waals surface area contributed by atoms with Gasteiger partial charge in [-0.15, -0.1) is 0 Å². The van der Waals surface area contributed by atoms with Gasteiger partial charge in [-0.05, 0) is 11.8 Å². The summed E-state index contributed by atoms with van der Waals surface area (Å²) >= 11 is 0. The number of hydrogen-bond donors (Lipinski definition) is 0. The first kappa shape index (κ1) is 28.4. The van der Waals surface area contributed by atoms with Crippen molar-refractivity contribution in [1.29, 1.82) is 0 Å². The largest absolute Gasteiger partial charge is 0.334 e. The third-order valence-corrected chi connectivity index (χ3v) is 2.08. The Morgan fingerprint density at radius 3 is 1.26 bits per heavy atom. The van der Waals surface area contributed by atoms with E-state index in [-0.39, 0.29) is 88.8 Å². The SMILES string of the molecule is CC(C)[CH-]C(=O)C(C)C.C[C-](C)C(=O)C(C)C.[Y].[Y]. The predicted molar refractivity (Wildman–Crippen MR) is 73.4 cm³/mol. The second-order valence-corrected chi connectivity index (χ2v) is 5.49. The fourth-order valence-corrected chi connectivity index (χ4v) is 1.10. The average Bonchev–Trinajstić information content (AvgIpc) is 2.15. The van der Waals surface area contributed by atoms with E-state index in [4.69, 9.17) is 0 Å². The maximum absolute atomic E-state index is 10.9. The molecule has 108 valence electrons. The van der Waals surface area contributed by atoms with Gasteiger partial charge in [0.1, 0.15) is 0 Å². The van der Waals surface area contributed by atoms with Crippen molar-refractivity contribution in [1.82, 2.24) is 0 Å². The summed E-state index contributed by atoms with van der Waals surface area (Å²) in [6.45, 7) is 15.4. The maximum atomic E-state index is 10.9. The first-order valence-electron chi connectivity index (χ1n) is 6.32. The number of rotatable bonds is 5. The van der Waals surface area contributed by atoms with Gasteiger partial charge in [0.2, 0.25) is 0 Å². The Morgan fingerprint density at radius 1 is 0.842 bits per heavy atom. The summed E-state index contributed by atoms with van der Waals surface area (Å²) in [7, 11) is 0. The summed E-state index contributed by atoms with van der Waals surface area (Å²) in [5, 5.41) is 0. The summed E-state index contributed by atoms with van der Waals surface area (Å²) in [6.07, 6.45) is 1.77. The van der Waals surface area contributed by atoms with Crippen molar-refractivity contribution >= 4 is 11.6 Å². The molecule has 0 fully saturated rings. The van der Waals surface area contributed by atoms with Crippen molar-refractivity contribution < 1.29 is 75.0 Å². The first-order chi connectivity index (χ1) is 7.59. The number of carbonyl (C=O) groups is 2. The van der Waals surface area contributed by atoms with E-state index in [1.54, 1.807) is 6.42 Å². The molecule has 4 heteroatoms. The minimum absolute atomic E-state index is 0. The van der Waals surface area contributed by atoms with Crippen LogP contribution in [0.25, 0.3) is 0 Å². The van der Waals surface area contributed by atoms with E-state index in [1.165, 1.54) is 0 Å². The van der Waals surface area contributed by atoms with Crippen LogP contribution in [0, 0.1) is 30.1 Å². The first-order valence-corrected chi connectivity index (χ1v) is 6.32. The second kappa shape index (κ2) is 15.7. The number of Topliss-reactive ketones (excluding diaryl/α,β-unsaturated/α-hetero) is 2. The van der Waals surface area contributed by atoms with E-state index < -0.39 is 0 Å². The Labute approximate surface area is 170 Å². The molecule has 0 rings (SSSR count). The molecule has 0 aromatic carbocycles. The van der Waals surface area contributed by atoms with Gasteiger partial charge in [-0.25, -0.2) is 0 Å². The van der Waals surface area contributed by atoms with Crippen LogP contribution < -0.4 is 0 Å². The zero-order chi connectivity index (χ0) is 14.2. The molecule has 0 saturated heterocycles. The predicted octanol–water partition coefficient (Wildman–Crippen LogP) is 3.89. The Kier molecular flexibility index (Phi) is 23.5. The Hall–Kier alpha value is 1.29.